The first-order chi connectivity index (χ1) is 14.6. The maximum absolute atomic E-state index is 13.3. The third-order valence-corrected chi connectivity index (χ3v) is 4.75. The van der Waals surface area contributed by atoms with Crippen LogP contribution in [0.25, 0.3) is 11.4 Å². The smallest absolute Gasteiger partial charge is 0.265 e. The monoisotopic (exact) mass is 445 g/mol. The molecule has 2 aromatic carbocycles. The van der Waals surface area contributed by atoms with Crippen molar-refractivity contribution in [3.63, 3.8) is 0 Å². The van der Waals surface area contributed by atoms with Crippen LogP contribution in [-0.2, 0) is 6.18 Å². The van der Waals surface area contributed by atoms with Crippen molar-refractivity contribution in [1.82, 2.24) is 14.3 Å². The topological polar surface area (TPSA) is 104 Å². The lowest BCUT2D eigenvalue weighted by Crippen LogP contribution is -2.41. The molecule has 11 heteroatoms. The Balaban J connectivity index is 2.40. The normalized spacial score (nSPS) is 12.1. The number of benzene rings is 2. The molecule has 1 atom stereocenters. The van der Waals surface area contributed by atoms with Gasteiger partial charge in [0.2, 0.25) is 5.69 Å². The van der Waals surface area contributed by atoms with Crippen molar-refractivity contribution in [3.8, 4) is 23.5 Å². The summed E-state index contributed by atoms with van der Waals surface area (Å²) in [5, 5.41) is 21.7. The second-order valence-electron chi connectivity index (χ2n) is 6.37. The number of halogens is 4. The minimum atomic E-state index is -4.84. The summed E-state index contributed by atoms with van der Waals surface area (Å²) in [5.74, 6) is -0.678. The van der Waals surface area contributed by atoms with Crippen molar-refractivity contribution < 1.29 is 13.2 Å². The van der Waals surface area contributed by atoms with Crippen LogP contribution < -0.4 is 11.2 Å². The molecule has 0 fully saturated rings. The van der Waals surface area contributed by atoms with Gasteiger partial charge in [-0.25, -0.2) is 9.36 Å². The Hall–Kier alpha value is -3.89. The van der Waals surface area contributed by atoms with Crippen LogP contribution in [0.3, 0.4) is 0 Å². The van der Waals surface area contributed by atoms with E-state index in [0.29, 0.717) is 20.9 Å². The number of hydrogen-bond donors (Lipinski definition) is 0. The summed E-state index contributed by atoms with van der Waals surface area (Å²) in [4.78, 5) is 25.7. The molecule has 0 saturated carbocycles. The van der Waals surface area contributed by atoms with Crippen molar-refractivity contribution in [2.45, 2.75) is 19.0 Å². The average Bonchev–Trinajstić information content (AvgIpc) is 2.74. The van der Waals surface area contributed by atoms with Crippen molar-refractivity contribution in [2.75, 3.05) is 0 Å². The van der Waals surface area contributed by atoms with E-state index in [1.165, 1.54) is 6.07 Å². The number of aromatic nitrogens is 3. The van der Waals surface area contributed by atoms with E-state index in [9.17, 15) is 33.3 Å². The Morgan fingerprint density at radius 1 is 1.13 bits per heavy atom. The molecule has 0 aliphatic heterocycles. The summed E-state index contributed by atoms with van der Waals surface area (Å²) in [7, 11) is 0. The van der Waals surface area contributed by atoms with Crippen LogP contribution in [0, 0.1) is 22.7 Å². The zero-order chi connectivity index (χ0) is 22.9. The largest absolute Gasteiger partial charge is 0.417 e. The van der Waals surface area contributed by atoms with Crippen LogP contribution in [-0.4, -0.2) is 14.3 Å². The molecular formula is C20H11ClF3N5O2. The molecule has 0 aliphatic rings. The summed E-state index contributed by atoms with van der Waals surface area (Å²) >= 11 is 5.62. The fraction of sp³-hybridized carbons (Fsp3) is 0.150. The third kappa shape index (κ3) is 3.93. The Labute approximate surface area is 177 Å². The highest BCUT2D eigenvalue weighted by Gasteiger charge is 2.34. The molecule has 1 unspecified atom stereocenters. The van der Waals surface area contributed by atoms with Gasteiger partial charge in [-0.3, -0.25) is 4.79 Å². The van der Waals surface area contributed by atoms with E-state index in [4.69, 9.17) is 11.6 Å². The molecule has 3 rings (SSSR count). The van der Waals surface area contributed by atoms with Crippen molar-refractivity contribution in [1.29, 1.82) is 10.5 Å². The van der Waals surface area contributed by atoms with E-state index in [-0.39, 0.29) is 5.69 Å². The number of nitriles is 2. The van der Waals surface area contributed by atoms with Crippen molar-refractivity contribution in [2.24, 2.45) is 0 Å². The predicted molar refractivity (Wildman–Crippen MR) is 104 cm³/mol. The number of para-hydroxylation sites is 1. The van der Waals surface area contributed by atoms with Crippen LogP contribution in [0.5, 0.6) is 0 Å². The van der Waals surface area contributed by atoms with Gasteiger partial charge < -0.3 is 0 Å². The molecular weight excluding hydrogens is 435 g/mol. The van der Waals surface area contributed by atoms with Crippen molar-refractivity contribution in [3.05, 3.63) is 85.1 Å². The van der Waals surface area contributed by atoms with Crippen LogP contribution in [0.2, 0.25) is 5.02 Å². The molecule has 1 heterocycles. The fourth-order valence-corrected chi connectivity index (χ4v) is 3.14. The number of alkyl halides is 3. The molecule has 0 radical (unpaired) electrons. The zero-order valence-electron chi connectivity index (χ0n) is 15.7. The van der Waals surface area contributed by atoms with Gasteiger partial charge in [0.05, 0.1) is 33.9 Å². The van der Waals surface area contributed by atoms with Crippen LogP contribution in [0.1, 0.15) is 29.7 Å². The molecule has 3 aromatic rings. The Morgan fingerprint density at radius 3 is 2.42 bits per heavy atom. The van der Waals surface area contributed by atoms with Crippen LogP contribution in [0.4, 0.5) is 13.2 Å². The van der Waals surface area contributed by atoms with Gasteiger partial charge in [-0.15, -0.1) is 5.10 Å². The second-order valence-corrected chi connectivity index (χ2v) is 6.77. The maximum Gasteiger partial charge on any atom is 0.417 e. The van der Waals surface area contributed by atoms with Gasteiger partial charge in [0, 0.05) is 0 Å². The number of hydrogen-bond acceptors (Lipinski definition) is 5. The highest BCUT2D eigenvalue weighted by molar-refractivity contribution is 6.31. The predicted octanol–water partition coefficient (Wildman–Crippen LogP) is 3.55. The van der Waals surface area contributed by atoms with E-state index in [2.05, 4.69) is 5.10 Å². The van der Waals surface area contributed by atoms with Gasteiger partial charge in [-0.2, -0.15) is 28.4 Å². The Kier molecular flexibility index (Phi) is 5.69. The molecule has 156 valence electrons. The number of nitrogens with zero attached hydrogens (tertiary/aromatic N) is 5. The summed E-state index contributed by atoms with van der Waals surface area (Å²) < 4.78 is 40.9. The van der Waals surface area contributed by atoms with E-state index in [1.807, 2.05) is 6.07 Å². The van der Waals surface area contributed by atoms with Gasteiger partial charge in [0.25, 0.3) is 5.56 Å². The van der Waals surface area contributed by atoms with E-state index in [1.54, 1.807) is 31.2 Å². The summed E-state index contributed by atoms with van der Waals surface area (Å²) in [6, 6.07) is 12.2. The Bertz CT molecular complexity index is 1380. The molecule has 7 nitrogen and oxygen atoms in total. The lowest BCUT2D eigenvalue weighted by atomic mass is 10.0. The molecule has 0 spiro atoms. The first kappa shape index (κ1) is 21.8. The molecule has 0 aliphatic carbocycles. The van der Waals surface area contributed by atoms with Gasteiger partial charge in [0.1, 0.15) is 6.07 Å². The number of rotatable bonds is 3. The van der Waals surface area contributed by atoms with E-state index >= 15 is 0 Å². The highest BCUT2D eigenvalue weighted by Crippen LogP contribution is 2.35. The van der Waals surface area contributed by atoms with Gasteiger partial charge in [-0.05, 0) is 36.8 Å². The second kappa shape index (κ2) is 8.09. The SMILES string of the molecule is CC(C#N)c1ccccc1-n1nc(C#N)c(=O)n(-c2ccc(Cl)c(C(F)(F)F)c2)c1=O. The van der Waals surface area contributed by atoms with E-state index < -0.39 is 45.3 Å². The maximum atomic E-state index is 13.3. The van der Waals surface area contributed by atoms with E-state index in [0.717, 1.165) is 12.1 Å². The highest BCUT2D eigenvalue weighted by atomic mass is 35.5. The molecule has 31 heavy (non-hydrogen) atoms. The first-order valence-corrected chi connectivity index (χ1v) is 9.00. The third-order valence-electron chi connectivity index (χ3n) is 4.42. The minimum Gasteiger partial charge on any atom is -0.265 e. The summed E-state index contributed by atoms with van der Waals surface area (Å²) in [6.07, 6.45) is -4.84. The van der Waals surface area contributed by atoms with Gasteiger partial charge >= 0.3 is 11.9 Å². The summed E-state index contributed by atoms with van der Waals surface area (Å²) in [6.45, 7) is 1.57. The van der Waals surface area contributed by atoms with Gasteiger partial charge in [-0.1, -0.05) is 29.8 Å². The Morgan fingerprint density at radius 2 is 1.81 bits per heavy atom. The molecule has 0 bridgehead atoms. The quantitative estimate of drug-likeness (QED) is 0.613. The minimum absolute atomic E-state index is 0.108. The molecule has 1 aromatic heterocycles. The van der Waals surface area contributed by atoms with Crippen molar-refractivity contribution >= 4 is 11.6 Å². The average molecular weight is 446 g/mol. The van der Waals surface area contributed by atoms with Gasteiger partial charge in [0.15, 0.2) is 0 Å². The lowest BCUT2D eigenvalue weighted by Gasteiger charge is -2.15. The molecule has 0 amide bonds. The zero-order valence-corrected chi connectivity index (χ0v) is 16.4. The summed E-state index contributed by atoms with van der Waals surface area (Å²) in [5.41, 5.74) is -4.23. The molecule has 0 saturated heterocycles. The lowest BCUT2D eigenvalue weighted by molar-refractivity contribution is -0.137. The molecule has 0 N–H and O–H groups in total. The first-order valence-electron chi connectivity index (χ1n) is 8.62. The van der Waals surface area contributed by atoms with Crippen LogP contribution in [0.15, 0.2) is 52.1 Å². The standard InChI is InChI=1S/C20H11ClF3N5O2/c1-11(9-25)13-4-2-3-5-17(13)29-19(31)28(18(30)16(10-26)27-29)12-6-7-15(21)14(8-12)20(22,23)24/h2-8,11H,1H3. The van der Waals surface area contributed by atoms with Crippen LogP contribution >= 0.6 is 11.6 Å². The fourth-order valence-electron chi connectivity index (χ4n) is 2.91.